The molecular formula is C26H35N7O6. The molecule has 39 heavy (non-hydrogen) atoms. The second-order valence-corrected chi connectivity index (χ2v) is 9.47. The number of aliphatic hydroxyl groups excluding tert-OH is 1. The van der Waals surface area contributed by atoms with Crippen LogP contribution in [0.3, 0.4) is 0 Å². The molecule has 1 aromatic carbocycles. The Morgan fingerprint density at radius 3 is 2.36 bits per heavy atom. The number of benzene rings is 1. The van der Waals surface area contributed by atoms with E-state index in [-0.39, 0.29) is 18.8 Å². The van der Waals surface area contributed by atoms with Crippen molar-refractivity contribution in [3.05, 3.63) is 54.2 Å². The minimum atomic E-state index is -1.44. The van der Waals surface area contributed by atoms with Gasteiger partial charge in [-0.3, -0.25) is 14.4 Å². The number of fused-ring (bicyclic) bond motifs is 1. The summed E-state index contributed by atoms with van der Waals surface area (Å²) >= 11 is 0. The van der Waals surface area contributed by atoms with Crippen molar-refractivity contribution >= 4 is 34.6 Å². The number of aliphatic hydroxyl groups is 1. The molecule has 9 N–H and O–H groups in total. The molecule has 0 aliphatic rings. The molecule has 0 aliphatic carbocycles. The molecule has 3 aromatic rings. The summed E-state index contributed by atoms with van der Waals surface area (Å²) in [6, 6.07) is 2.87. The average Bonchev–Trinajstić information content (AvgIpc) is 3.59. The highest BCUT2D eigenvalue weighted by atomic mass is 16.4. The van der Waals surface area contributed by atoms with E-state index in [1.165, 1.54) is 12.5 Å². The van der Waals surface area contributed by atoms with E-state index in [1.807, 2.05) is 31.2 Å². The number of carboxylic acid groups (broad SMARTS) is 1. The second kappa shape index (κ2) is 13.5. The summed E-state index contributed by atoms with van der Waals surface area (Å²) in [4.78, 5) is 60.2. The molecule has 0 bridgehead atoms. The first-order valence-corrected chi connectivity index (χ1v) is 12.7. The van der Waals surface area contributed by atoms with Crippen molar-refractivity contribution in [2.75, 3.05) is 6.61 Å². The normalized spacial score (nSPS) is 15.1. The summed E-state index contributed by atoms with van der Waals surface area (Å²) in [6.07, 6.45) is 5.28. The number of aromatic amines is 2. The van der Waals surface area contributed by atoms with Gasteiger partial charge in [0.05, 0.1) is 19.0 Å². The molecule has 5 atom stereocenters. The number of nitrogens with one attached hydrogen (secondary N) is 5. The standard InChI is InChI=1S/C26H35N7O6/c1-3-14(2)22(33-23(35)18(27)8-15-10-29-19-7-5-4-6-17(15)19)25(37)32-21(12-34)24(36)31-20(26(38)39)9-16-11-28-13-30-16/h4-7,10-11,13-14,18,20-22,29,34H,3,8-9,12,27H2,1-2H3,(H,28,30)(H,31,36)(H,32,37)(H,33,35)(H,38,39). The maximum atomic E-state index is 13.2. The van der Waals surface area contributed by atoms with E-state index in [9.17, 15) is 29.4 Å². The van der Waals surface area contributed by atoms with Gasteiger partial charge in [0, 0.05) is 35.4 Å². The van der Waals surface area contributed by atoms with E-state index in [0.29, 0.717) is 12.1 Å². The Morgan fingerprint density at radius 2 is 1.72 bits per heavy atom. The zero-order chi connectivity index (χ0) is 28.5. The number of carbonyl (C=O) groups excluding carboxylic acids is 3. The molecule has 5 unspecified atom stereocenters. The summed E-state index contributed by atoms with van der Waals surface area (Å²) in [5.74, 6) is -3.76. The van der Waals surface area contributed by atoms with Gasteiger partial charge in [-0.2, -0.15) is 0 Å². The van der Waals surface area contributed by atoms with Crippen molar-refractivity contribution in [2.45, 2.75) is 57.3 Å². The SMILES string of the molecule is CCC(C)C(NC(=O)C(N)Cc1c[nH]c2ccccc12)C(=O)NC(CO)C(=O)NC(Cc1cnc[nH]1)C(=O)O. The number of amides is 3. The molecule has 2 aromatic heterocycles. The highest BCUT2D eigenvalue weighted by molar-refractivity contribution is 5.94. The van der Waals surface area contributed by atoms with Gasteiger partial charge in [0.25, 0.3) is 0 Å². The van der Waals surface area contributed by atoms with E-state index < -0.39 is 54.5 Å². The lowest BCUT2D eigenvalue weighted by atomic mass is 9.97. The van der Waals surface area contributed by atoms with Crippen LogP contribution in [0.15, 0.2) is 43.0 Å². The number of para-hydroxylation sites is 1. The fourth-order valence-electron chi connectivity index (χ4n) is 4.14. The van der Waals surface area contributed by atoms with Gasteiger partial charge in [0.15, 0.2) is 0 Å². The van der Waals surface area contributed by atoms with Crippen molar-refractivity contribution in [3.8, 4) is 0 Å². The Labute approximate surface area is 225 Å². The van der Waals surface area contributed by atoms with Crippen molar-refractivity contribution in [1.82, 2.24) is 30.9 Å². The Bertz CT molecular complexity index is 1270. The number of aromatic nitrogens is 3. The highest BCUT2D eigenvalue weighted by Gasteiger charge is 2.32. The van der Waals surface area contributed by atoms with Gasteiger partial charge >= 0.3 is 5.97 Å². The summed E-state index contributed by atoms with van der Waals surface area (Å²) in [5, 5.41) is 27.6. The lowest BCUT2D eigenvalue weighted by Crippen LogP contribution is -2.59. The molecule has 0 spiro atoms. The smallest absolute Gasteiger partial charge is 0.326 e. The van der Waals surface area contributed by atoms with E-state index in [1.54, 1.807) is 13.1 Å². The number of H-pyrrole nitrogens is 2. The zero-order valence-electron chi connectivity index (χ0n) is 21.8. The van der Waals surface area contributed by atoms with Crippen molar-refractivity contribution in [3.63, 3.8) is 0 Å². The molecule has 13 nitrogen and oxygen atoms in total. The molecule has 0 radical (unpaired) electrons. The van der Waals surface area contributed by atoms with Crippen LogP contribution in [0, 0.1) is 5.92 Å². The number of hydrogen-bond donors (Lipinski definition) is 8. The Kier molecular flexibility index (Phi) is 10.2. The van der Waals surface area contributed by atoms with Gasteiger partial charge in [-0.25, -0.2) is 9.78 Å². The van der Waals surface area contributed by atoms with E-state index in [4.69, 9.17) is 5.73 Å². The van der Waals surface area contributed by atoms with Crippen molar-refractivity contribution in [2.24, 2.45) is 11.7 Å². The highest BCUT2D eigenvalue weighted by Crippen LogP contribution is 2.19. The molecular weight excluding hydrogens is 506 g/mol. The molecule has 13 heteroatoms. The molecule has 3 rings (SSSR count). The maximum Gasteiger partial charge on any atom is 0.326 e. The monoisotopic (exact) mass is 541 g/mol. The summed E-state index contributed by atoms with van der Waals surface area (Å²) in [7, 11) is 0. The molecule has 3 amide bonds. The van der Waals surface area contributed by atoms with Gasteiger partial charge in [-0.1, -0.05) is 38.5 Å². The van der Waals surface area contributed by atoms with Crippen LogP contribution in [0.4, 0.5) is 0 Å². The predicted molar refractivity (Wildman–Crippen MR) is 142 cm³/mol. The Hall–Kier alpha value is -4.23. The third-order valence-electron chi connectivity index (χ3n) is 6.65. The predicted octanol–water partition coefficient (Wildman–Crippen LogP) is -0.419. The lowest BCUT2D eigenvalue weighted by molar-refractivity contribution is -0.142. The summed E-state index contributed by atoms with van der Waals surface area (Å²) in [5.41, 5.74) is 8.44. The Balaban J connectivity index is 1.64. The number of aliphatic carboxylic acids is 1. The number of nitrogens with two attached hydrogens (primary N) is 1. The summed E-state index contributed by atoms with van der Waals surface area (Å²) < 4.78 is 0. The molecule has 2 heterocycles. The third kappa shape index (κ3) is 7.65. The quantitative estimate of drug-likeness (QED) is 0.134. The van der Waals surface area contributed by atoms with Crippen LogP contribution in [-0.4, -0.2) is 79.6 Å². The van der Waals surface area contributed by atoms with Crippen molar-refractivity contribution in [1.29, 1.82) is 0 Å². The number of nitrogens with zero attached hydrogens (tertiary/aromatic N) is 1. The number of imidazole rings is 1. The van der Waals surface area contributed by atoms with Crippen LogP contribution in [0.25, 0.3) is 10.9 Å². The minimum absolute atomic E-state index is 0.0764. The Morgan fingerprint density at radius 1 is 1.00 bits per heavy atom. The van der Waals surface area contributed by atoms with Crippen LogP contribution in [-0.2, 0) is 32.0 Å². The van der Waals surface area contributed by atoms with Gasteiger partial charge in [0.2, 0.25) is 17.7 Å². The number of carbonyl (C=O) groups is 4. The largest absolute Gasteiger partial charge is 0.480 e. The van der Waals surface area contributed by atoms with E-state index in [0.717, 1.165) is 16.5 Å². The first-order chi connectivity index (χ1) is 18.6. The topological polar surface area (TPSA) is 215 Å². The van der Waals surface area contributed by atoms with Gasteiger partial charge in [-0.15, -0.1) is 0 Å². The molecule has 0 aliphatic heterocycles. The van der Waals surface area contributed by atoms with E-state index >= 15 is 0 Å². The van der Waals surface area contributed by atoms with Gasteiger partial charge < -0.3 is 41.9 Å². The fourth-order valence-corrected chi connectivity index (χ4v) is 4.14. The van der Waals surface area contributed by atoms with Gasteiger partial charge in [-0.05, 0) is 24.0 Å². The second-order valence-electron chi connectivity index (χ2n) is 9.47. The van der Waals surface area contributed by atoms with Gasteiger partial charge in [0.1, 0.15) is 18.1 Å². The number of carboxylic acids is 1. The first-order valence-electron chi connectivity index (χ1n) is 12.7. The average molecular weight is 542 g/mol. The molecule has 0 saturated heterocycles. The fraction of sp³-hybridized carbons (Fsp3) is 0.423. The molecule has 0 fully saturated rings. The van der Waals surface area contributed by atoms with Crippen LogP contribution in [0.1, 0.15) is 31.5 Å². The number of hydrogen-bond acceptors (Lipinski definition) is 7. The first kappa shape index (κ1) is 29.3. The molecule has 210 valence electrons. The van der Waals surface area contributed by atoms with Crippen LogP contribution in [0.2, 0.25) is 0 Å². The van der Waals surface area contributed by atoms with Crippen molar-refractivity contribution < 1.29 is 29.4 Å². The molecule has 0 saturated carbocycles. The maximum absolute atomic E-state index is 13.2. The van der Waals surface area contributed by atoms with Crippen LogP contribution >= 0.6 is 0 Å². The lowest BCUT2D eigenvalue weighted by Gasteiger charge is -2.27. The summed E-state index contributed by atoms with van der Waals surface area (Å²) in [6.45, 7) is 2.82. The van der Waals surface area contributed by atoms with Crippen LogP contribution in [0.5, 0.6) is 0 Å². The minimum Gasteiger partial charge on any atom is -0.480 e. The van der Waals surface area contributed by atoms with Crippen LogP contribution < -0.4 is 21.7 Å². The number of rotatable bonds is 14. The van der Waals surface area contributed by atoms with E-state index in [2.05, 4.69) is 30.9 Å². The zero-order valence-corrected chi connectivity index (χ0v) is 21.8. The third-order valence-corrected chi connectivity index (χ3v) is 6.65.